The standard InChI is InChI=1S/C11H19F3N2O2/c1-7(6-17)16(2)10(18)9-4-3-8(5-15-9)11(12,13)14/h7-9,15,17H,3-6H2,1-2H3. The number of likely N-dealkylation sites (N-methyl/N-ethyl adjacent to an activating group) is 1. The highest BCUT2D eigenvalue weighted by Gasteiger charge is 2.42. The predicted octanol–water partition coefficient (Wildman–Crippen LogP) is 0.756. The SMILES string of the molecule is CC(CO)N(C)C(=O)C1CCC(C(F)(F)F)CN1. The molecule has 3 atom stereocenters. The largest absolute Gasteiger partial charge is 0.394 e. The van der Waals surface area contributed by atoms with E-state index in [1.54, 1.807) is 14.0 Å². The quantitative estimate of drug-likeness (QED) is 0.794. The van der Waals surface area contributed by atoms with E-state index in [2.05, 4.69) is 5.32 Å². The third-order valence-electron chi connectivity index (χ3n) is 3.45. The van der Waals surface area contributed by atoms with Crippen LogP contribution in [0.4, 0.5) is 13.2 Å². The van der Waals surface area contributed by atoms with E-state index in [9.17, 15) is 18.0 Å². The van der Waals surface area contributed by atoms with Crippen LogP contribution >= 0.6 is 0 Å². The normalized spacial score (nSPS) is 26.8. The summed E-state index contributed by atoms with van der Waals surface area (Å²) in [5.74, 6) is -1.64. The first kappa shape index (κ1) is 15.2. The Morgan fingerprint density at radius 1 is 1.50 bits per heavy atom. The van der Waals surface area contributed by atoms with E-state index in [1.807, 2.05) is 0 Å². The van der Waals surface area contributed by atoms with E-state index in [4.69, 9.17) is 5.11 Å². The van der Waals surface area contributed by atoms with Crippen molar-refractivity contribution in [2.45, 2.75) is 38.0 Å². The van der Waals surface area contributed by atoms with Crippen LogP contribution in [0.25, 0.3) is 0 Å². The van der Waals surface area contributed by atoms with Crippen molar-refractivity contribution in [3.63, 3.8) is 0 Å². The summed E-state index contributed by atoms with van der Waals surface area (Å²) in [7, 11) is 1.54. The predicted molar refractivity (Wildman–Crippen MR) is 59.9 cm³/mol. The van der Waals surface area contributed by atoms with Gasteiger partial charge in [0.05, 0.1) is 24.6 Å². The zero-order chi connectivity index (χ0) is 13.9. The Morgan fingerprint density at radius 2 is 2.11 bits per heavy atom. The lowest BCUT2D eigenvalue weighted by Gasteiger charge is -2.34. The molecule has 0 aromatic rings. The molecule has 106 valence electrons. The number of carbonyl (C=O) groups is 1. The Kier molecular flexibility index (Phi) is 4.98. The molecular formula is C11H19F3N2O2. The van der Waals surface area contributed by atoms with Gasteiger partial charge in [0.25, 0.3) is 0 Å². The number of hydrogen-bond acceptors (Lipinski definition) is 3. The van der Waals surface area contributed by atoms with Crippen molar-refractivity contribution in [2.24, 2.45) is 5.92 Å². The highest BCUT2D eigenvalue weighted by molar-refractivity contribution is 5.82. The fourth-order valence-electron chi connectivity index (χ4n) is 1.93. The Labute approximate surface area is 104 Å². The summed E-state index contributed by atoms with van der Waals surface area (Å²) < 4.78 is 37.3. The molecule has 0 aliphatic carbocycles. The molecule has 1 fully saturated rings. The van der Waals surface area contributed by atoms with Gasteiger partial charge in [0.2, 0.25) is 5.91 Å². The van der Waals surface area contributed by atoms with E-state index in [1.165, 1.54) is 4.90 Å². The maximum absolute atomic E-state index is 12.4. The molecule has 0 bridgehead atoms. The van der Waals surface area contributed by atoms with Gasteiger partial charge in [0.1, 0.15) is 0 Å². The number of nitrogens with one attached hydrogen (secondary N) is 1. The maximum Gasteiger partial charge on any atom is 0.393 e. The number of hydrogen-bond donors (Lipinski definition) is 2. The Bertz CT molecular complexity index is 289. The summed E-state index contributed by atoms with van der Waals surface area (Å²) in [4.78, 5) is 13.3. The van der Waals surface area contributed by atoms with E-state index in [-0.39, 0.29) is 37.9 Å². The van der Waals surface area contributed by atoms with Crippen LogP contribution < -0.4 is 5.32 Å². The molecule has 7 heteroatoms. The zero-order valence-corrected chi connectivity index (χ0v) is 10.5. The first-order valence-electron chi connectivity index (χ1n) is 5.95. The van der Waals surface area contributed by atoms with Crippen LogP contribution in [0.15, 0.2) is 0 Å². The van der Waals surface area contributed by atoms with Crippen LogP contribution in [0.1, 0.15) is 19.8 Å². The second-order valence-electron chi connectivity index (χ2n) is 4.76. The third-order valence-corrected chi connectivity index (χ3v) is 3.45. The van der Waals surface area contributed by atoms with Crippen LogP contribution in [-0.2, 0) is 4.79 Å². The first-order chi connectivity index (χ1) is 8.27. The molecule has 0 saturated carbocycles. The number of rotatable bonds is 3. The summed E-state index contributed by atoms with van der Waals surface area (Å²) in [6.07, 6.45) is -4.06. The minimum atomic E-state index is -4.20. The topological polar surface area (TPSA) is 52.6 Å². The van der Waals surface area contributed by atoms with Gasteiger partial charge in [0.15, 0.2) is 0 Å². The minimum Gasteiger partial charge on any atom is -0.394 e. The Hall–Kier alpha value is -0.820. The number of alkyl halides is 3. The lowest BCUT2D eigenvalue weighted by molar-refractivity contribution is -0.180. The van der Waals surface area contributed by atoms with Crippen molar-refractivity contribution >= 4 is 5.91 Å². The summed E-state index contributed by atoms with van der Waals surface area (Å²) >= 11 is 0. The van der Waals surface area contributed by atoms with Crippen LogP contribution in [-0.4, -0.2) is 54.4 Å². The lowest BCUT2D eigenvalue weighted by Crippen LogP contribution is -2.53. The van der Waals surface area contributed by atoms with Gasteiger partial charge in [-0.25, -0.2) is 0 Å². The van der Waals surface area contributed by atoms with Gasteiger partial charge in [-0.15, -0.1) is 0 Å². The molecule has 3 unspecified atom stereocenters. The Balaban J connectivity index is 2.50. The van der Waals surface area contributed by atoms with Crippen LogP contribution in [0.3, 0.4) is 0 Å². The smallest absolute Gasteiger partial charge is 0.393 e. The molecule has 1 saturated heterocycles. The molecule has 1 rings (SSSR count). The molecule has 18 heavy (non-hydrogen) atoms. The number of piperidine rings is 1. The van der Waals surface area contributed by atoms with Crippen molar-refractivity contribution in [3.05, 3.63) is 0 Å². The van der Waals surface area contributed by atoms with E-state index >= 15 is 0 Å². The molecule has 0 aromatic carbocycles. The number of carbonyl (C=O) groups excluding carboxylic acids is 1. The fourth-order valence-corrected chi connectivity index (χ4v) is 1.93. The molecule has 4 nitrogen and oxygen atoms in total. The highest BCUT2D eigenvalue weighted by Crippen LogP contribution is 2.32. The highest BCUT2D eigenvalue weighted by atomic mass is 19.4. The Morgan fingerprint density at radius 3 is 2.50 bits per heavy atom. The molecule has 1 amide bonds. The minimum absolute atomic E-state index is 0.0335. The van der Waals surface area contributed by atoms with Crippen molar-refractivity contribution in [2.75, 3.05) is 20.2 Å². The summed E-state index contributed by atoms with van der Waals surface area (Å²) in [5.41, 5.74) is 0. The van der Waals surface area contributed by atoms with Crippen molar-refractivity contribution in [1.82, 2.24) is 10.2 Å². The van der Waals surface area contributed by atoms with Gasteiger partial charge >= 0.3 is 6.18 Å². The molecule has 1 aliphatic heterocycles. The number of amides is 1. The van der Waals surface area contributed by atoms with Crippen LogP contribution in [0.2, 0.25) is 0 Å². The second-order valence-corrected chi connectivity index (χ2v) is 4.76. The van der Waals surface area contributed by atoms with Gasteiger partial charge in [-0.3, -0.25) is 4.79 Å². The molecule has 1 heterocycles. The number of aliphatic hydroxyl groups excluding tert-OH is 1. The lowest BCUT2D eigenvalue weighted by atomic mass is 9.93. The molecule has 1 aliphatic rings. The zero-order valence-electron chi connectivity index (χ0n) is 10.5. The van der Waals surface area contributed by atoms with Crippen molar-refractivity contribution in [1.29, 1.82) is 0 Å². The molecule has 0 spiro atoms. The monoisotopic (exact) mass is 268 g/mol. The number of nitrogens with zero attached hydrogens (tertiary/aromatic N) is 1. The maximum atomic E-state index is 12.4. The average molecular weight is 268 g/mol. The number of halogens is 3. The third kappa shape index (κ3) is 3.58. The van der Waals surface area contributed by atoms with Crippen LogP contribution in [0.5, 0.6) is 0 Å². The molecule has 0 radical (unpaired) electrons. The number of aliphatic hydroxyl groups is 1. The summed E-state index contributed by atoms with van der Waals surface area (Å²) in [6, 6.07) is -0.915. The summed E-state index contributed by atoms with van der Waals surface area (Å²) in [6.45, 7) is 1.29. The van der Waals surface area contributed by atoms with Crippen LogP contribution in [0, 0.1) is 5.92 Å². The van der Waals surface area contributed by atoms with E-state index < -0.39 is 18.1 Å². The van der Waals surface area contributed by atoms with E-state index in [0.29, 0.717) is 0 Å². The molecular weight excluding hydrogens is 249 g/mol. The van der Waals surface area contributed by atoms with Crippen molar-refractivity contribution < 1.29 is 23.1 Å². The van der Waals surface area contributed by atoms with Crippen molar-refractivity contribution in [3.8, 4) is 0 Å². The van der Waals surface area contributed by atoms with Gasteiger partial charge in [-0.1, -0.05) is 0 Å². The molecule has 0 aromatic heterocycles. The van der Waals surface area contributed by atoms with Gasteiger partial charge in [-0.05, 0) is 19.8 Å². The van der Waals surface area contributed by atoms with Gasteiger partial charge in [-0.2, -0.15) is 13.2 Å². The first-order valence-corrected chi connectivity index (χ1v) is 5.95. The second kappa shape index (κ2) is 5.88. The average Bonchev–Trinajstić information content (AvgIpc) is 2.35. The van der Waals surface area contributed by atoms with E-state index in [0.717, 1.165) is 0 Å². The summed E-state index contributed by atoms with van der Waals surface area (Å²) in [5, 5.41) is 11.6. The van der Waals surface area contributed by atoms with Gasteiger partial charge in [0, 0.05) is 13.6 Å². The van der Waals surface area contributed by atoms with Gasteiger partial charge < -0.3 is 15.3 Å². The fraction of sp³-hybridized carbons (Fsp3) is 0.909. The molecule has 2 N–H and O–H groups in total.